The Balaban J connectivity index is 1.36. The van der Waals surface area contributed by atoms with Crippen LogP contribution in [0.25, 0.3) is 10.9 Å². The van der Waals surface area contributed by atoms with Crippen molar-refractivity contribution >= 4 is 33.9 Å². The molecule has 9 heteroatoms. The topological polar surface area (TPSA) is 104 Å². The van der Waals surface area contributed by atoms with E-state index in [1.54, 1.807) is 12.4 Å². The molecule has 0 spiro atoms. The Bertz CT molecular complexity index is 1610. The number of hydrogen-bond acceptors (Lipinski definition) is 7. The normalized spacial score (nSPS) is 14.5. The Morgan fingerprint density at radius 1 is 1.03 bits per heavy atom. The predicted molar refractivity (Wildman–Crippen MR) is 152 cm³/mol. The molecule has 0 bridgehead atoms. The lowest BCUT2D eigenvalue weighted by atomic mass is 10.0. The molecule has 0 unspecified atom stereocenters. The Morgan fingerprint density at radius 3 is 2.64 bits per heavy atom. The van der Waals surface area contributed by atoms with Gasteiger partial charge in [0.1, 0.15) is 5.69 Å². The van der Waals surface area contributed by atoms with E-state index < -0.39 is 0 Å². The second-order valence-corrected chi connectivity index (χ2v) is 10.1. The van der Waals surface area contributed by atoms with E-state index in [2.05, 4.69) is 55.2 Å². The van der Waals surface area contributed by atoms with E-state index in [0.717, 1.165) is 46.4 Å². The van der Waals surface area contributed by atoms with Gasteiger partial charge in [-0.1, -0.05) is 53.2 Å². The number of rotatable bonds is 10. The van der Waals surface area contributed by atoms with Crippen LogP contribution in [-0.4, -0.2) is 25.0 Å². The van der Waals surface area contributed by atoms with Crippen LogP contribution in [0.5, 0.6) is 0 Å². The minimum absolute atomic E-state index is 0.0348. The molecule has 0 radical (unpaired) electrons. The van der Waals surface area contributed by atoms with E-state index in [-0.39, 0.29) is 12.1 Å². The molecule has 0 amide bonds. The van der Waals surface area contributed by atoms with Gasteiger partial charge in [-0.25, -0.2) is 4.68 Å². The number of anilines is 2. The Labute approximate surface area is 231 Å². The fourth-order valence-electron chi connectivity index (χ4n) is 4.81. The molecular weight excluding hydrogens is 508 g/mol. The van der Waals surface area contributed by atoms with Gasteiger partial charge in [-0.15, -0.1) is 5.10 Å². The standard InChI is InChI=1S/C30H27ClN8/c31-25-17-22(35-29(21-8-5-14-33-18-21)28-19-39(38-37-28)23-10-11-23)16-24-27(12-15-34-30(24)25)36-26(9-4-13-32)20-6-2-1-3-7-20/h1-3,5-8,12,14-19,23,26,29,35H,4,9-11H2,(H,34,36)/t26-,29+/m1/s1. The average Bonchev–Trinajstić information content (AvgIpc) is 3.72. The van der Waals surface area contributed by atoms with Gasteiger partial charge in [0, 0.05) is 41.8 Å². The highest BCUT2D eigenvalue weighted by molar-refractivity contribution is 6.35. The van der Waals surface area contributed by atoms with Gasteiger partial charge in [0.05, 0.1) is 40.9 Å². The molecule has 0 saturated heterocycles. The van der Waals surface area contributed by atoms with Gasteiger partial charge < -0.3 is 10.6 Å². The Kier molecular flexibility index (Phi) is 7.07. The molecule has 2 aromatic carbocycles. The lowest BCUT2D eigenvalue weighted by molar-refractivity contribution is 0.610. The monoisotopic (exact) mass is 534 g/mol. The highest BCUT2D eigenvalue weighted by atomic mass is 35.5. The lowest BCUT2D eigenvalue weighted by Gasteiger charge is -2.22. The fourth-order valence-corrected chi connectivity index (χ4v) is 5.07. The number of benzene rings is 2. The summed E-state index contributed by atoms with van der Waals surface area (Å²) in [7, 11) is 0. The zero-order valence-electron chi connectivity index (χ0n) is 21.2. The molecule has 2 atom stereocenters. The van der Waals surface area contributed by atoms with Gasteiger partial charge in [-0.2, -0.15) is 5.26 Å². The molecule has 1 saturated carbocycles. The maximum absolute atomic E-state index is 9.25. The molecular formula is C30H27ClN8. The highest BCUT2D eigenvalue weighted by Crippen LogP contribution is 2.37. The zero-order chi connectivity index (χ0) is 26.6. The molecule has 5 aromatic rings. The van der Waals surface area contributed by atoms with Crippen molar-refractivity contribution in [3.05, 3.63) is 107 Å². The molecule has 3 heterocycles. The number of fused-ring (bicyclic) bond motifs is 1. The summed E-state index contributed by atoms with van der Waals surface area (Å²) in [5, 5.41) is 26.8. The summed E-state index contributed by atoms with van der Waals surface area (Å²) in [4.78, 5) is 8.89. The van der Waals surface area contributed by atoms with Crippen molar-refractivity contribution in [2.24, 2.45) is 0 Å². The number of nitrogens with zero attached hydrogens (tertiary/aromatic N) is 6. The van der Waals surface area contributed by atoms with Gasteiger partial charge in [0.15, 0.2) is 0 Å². The minimum atomic E-state index is -0.263. The lowest BCUT2D eigenvalue weighted by Crippen LogP contribution is -2.14. The fraction of sp³-hybridized carbons (Fsp3) is 0.233. The minimum Gasteiger partial charge on any atom is -0.378 e. The third-order valence-corrected chi connectivity index (χ3v) is 7.24. The molecule has 2 N–H and O–H groups in total. The number of pyridine rings is 2. The molecule has 39 heavy (non-hydrogen) atoms. The Morgan fingerprint density at radius 2 is 1.87 bits per heavy atom. The number of aromatic nitrogens is 5. The van der Waals surface area contributed by atoms with Crippen LogP contribution in [-0.2, 0) is 0 Å². The van der Waals surface area contributed by atoms with Crippen molar-refractivity contribution in [1.82, 2.24) is 25.0 Å². The van der Waals surface area contributed by atoms with Crippen LogP contribution in [0.1, 0.15) is 60.6 Å². The number of hydrogen-bond donors (Lipinski definition) is 2. The third-order valence-electron chi connectivity index (χ3n) is 6.95. The SMILES string of the molecule is N#CCC[C@@H](Nc1ccnc2c(Cl)cc(N[C@@H](c3cccnc3)c3cn(C4CC4)nn3)cc12)c1ccccc1. The van der Waals surface area contributed by atoms with E-state index in [9.17, 15) is 5.26 Å². The third kappa shape index (κ3) is 5.54. The molecule has 6 rings (SSSR count). The molecule has 194 valence electrons. The largest absolute Gasteiger partial charge is 0.378 e. The molecule has 3 aromatic heterocycles. The van der Waals surface area contributed by atoms with Gasteiger partial charge in [0.2, 0.25) is 0 Å². The highest BCUT2D eigenvalue weighted by Gasteiger charge is 2.27. The van der Waals surface area contributed by atoms with E-state index in [1.165, 1.54) is 0 Å². The van der Waals surface area contributed by atoms with Crippen LogP contribution in [0.15, 0.2) is 85.5 Å². The van der Waals surface area contributed by atoms with Crippen LogP contribution in [0, 0.1) is 11.3 Å². The van der Waals surface area contributed by atoms with Gasteiger partial charge in [0.25, 0.3) is 0 Å². The summed E-state index contributed by atoms with van der Waals surface area (Å²) < 4.78 is 1.95. The average molecular weight is 535 g/mol. The molecule has 1 aliphatic rings. The summed E-state index contributed by atoms with van der Waals surface area (Å²) in [5.41, 5.74) is 5.34. The van der Waals surface area contributed by atoms with E-state index in [0.29, 0.717) is 29.4 Å². The first-order valence-corrected chi connectivity index (χ1v) is 13.4. The van der Waals surface area contributed by atoms with Crippen LogP contribution in [0.4, 0.5) is 11.4 Å². The number of halogens is 1. The van der Waals surface area contributed by atoms with Crippen LogP contribution < -0.4 is 10.6 Å². The first-order chi connectivity index (χ1) is 19.2. The van der Waals surface area contributed by atoms with Gasteiger partial charge in [-0.3, -0.25) is 9.97 Å². The predicted octanol–water partition coefficient (Wildman–Crippen LogP) is 6.87. The maximum Gasteiger partial charge on any atom is 0.110 e. The van der Waals surface area contributed by atoms with E-state index >= 15 is 0 Å². The molecule has 1 fully saturated rings. The summed E-state index contributed by atoms with van der Waals surface area (Å²) in [5.74, 6) is 0. The molecule has 0 aliphatic heterocycles. The summed E-state index contributed by atoms with van der Waals surface area (Å²) in [6.07, 6.45) is 10.7. The van der Waals surface area contributed by atoms with Crippen molar-refractivity contribution < 1.29 is 0 Å². The zero-order valence-corrected chi connectivity index (χ0v) is 22.0. The van der Waals surface area contributed by atoms with E-state index in [1.807, 2.05) is 59.5 Å². The van der Waals surface area contributed by atoms with Crippen LogP contribution in [0.3, 0.4) is 0 Å². The van der Waals surface area contributed by atoms with Gasteiger partial charge in [-0.05, 0) is 54.7 Å². The first kappa shape index (κ1) is 24.8. The number of nitriles is 1. The van der Waals surface area contributed by atoms with Crippen molar-refractivity contribution in [3.8, 4) is 6.07 Å². The summed E-state index contributed by atoms with van der Waals surface area (Å²) in [6, 6.07) is 22.4. The summed E-state index contributed by atoms with van der Waals surface area (Å²) >= 11 is 6.78. The smallest absolute Gasteiger partial charge is 0.110 e. The van der Waals surface area contributed by atoms with Crippen molar-refractivity contribution in [1.29, 1.82) is 5.26 Å². The van der Waals surface area contributed by atoms with E-state index in [4.69, 9.17) is 11.6 Å². The first-order valence-electron chi connectivity index (χ1n) is 13.0. The maximum atomic E-state index is 9.25. The summed E-state index contributed by atoms with van der Waals surface area (Å²) in [6.45, 7) is 0. The second-order valence-electron chi connectivity index (χ2n) is 9.74. The number of nitrogens with one attached hydrogen (secondary N) is 2. The van der Waals surface area contributed by atoms with Crippen molar-refractivity contribution in [2.75, 3.05) is 10.6 Å². The molecule has 1 aliphatic carbocycles. The van der Waals surface area contributed by atoms with Crippen LogP contribution in [0.2, 0.25) is 5.02 Å². The van der Waals surface area contributed by atoms with Crippen molar-refractivity contribution in [2.45, 2.75) is 43.8 Å². The van der Waals surface area contributed by atoms with Gasteiger partial charge >= 0.3 is 0 Å². The second kappa shape index (κ2) is 11.1. The van der Waals surface area contributed by atoms with Crippen molar-refractivity contribution in [3.63, 3.8) is 0 Å². The Hall–Kier alpha value is -4.48. The van der Waals surface area contributed by atoms with Crippen LogP contribution >= 0.6 is 11.6 Å². The molecule has 8 nitrogen and oxygen atoms in total. The quantitative estimate of drug-likeness (QED) is 0.201.